The van der Waals surface area contributed by atoms with E-state index < -0.39 is 0 Å². The van der Waals surface area contributed by atoms with Crippen LogP contribution in [0.4, 0.5) is 108 Å². The van der Waals surface area contributed by atoms with Gasteiger partial charge >= 0.3 is 0 Å². The van der Waals surface area contributed by atoms with Gasteiger partial charge in [0.15, 0.2) is 0 Å². The number of nitrogens with zero attached hydrogens (tertiary/aromatic N) is 2. The molecule has 11 heteroatoms. The molecule has 0 spiro atoms. The van der Waals surface area contributed by atoms with Crippen LogP contribution in [0, 0.1) is 6.92 Å². The van der Waals surface area contributed by atoms with Crippen LogP contribution in [0.1, 0.15) is 16.7 Å². The number of nitrogens with one attached hydrogen (secondary N) is 5. The molecule has 0 radical (unpaired) electrons. The van der Waals surface area contributed by atoms with Crippen LogP contribution in [0.3, 0.4) is 0 Å². The van der Waals surface area contributed by atoms with Crippen molar-refractivity contribution in [1.29, 1.82) is 0 Å². The minimum absolute atomic E-state index is 0.735. The van der Waals surface area contributed by atoms with E-state index in [1.165, 1.54) is 50.1 Å². The molecule has 560 valence electrons. The van der Waals surface area contributed by atoms with Gasteiger partial charge in [-0.05, 0) is 312 Å². The third-order valence-electron chi connectivity index (χ3n) is 19.7. The minimum atomic E-state index is 0.735. The number of anilines is 19. The van der Waals surface area contributed by atoms with Crippen molar-refractivity contribution in [3.63, 3.8) is 0 Å². The lowest BCUT2D eigenvalue weighted by Gasteiger charge is -2.26. The number of benzene rings is 17. The molecule has 115 heavy (non-hydrogen) atoms. The lowest BCUT2D eigenvalue weighted by Crippen LogP contribution is -2.10. The Hall–Kier alpha value is -14.8. The van der Waals surface area contributed by atoms with E-state index in [1.807, 2.05) is 109 Å². The van der Waals surface area contributed by atoms with Gasteiger partial charge < -0.3 is 53.6 Å². The number of nitrogens with two attached hydrogens (primary N) is 3. The van der Waals surface area contributed by atoms with Crippen LogP contribution in [0.5, 0.6) is 0 Å². The van der Waals surface area contributed by atoms with Crippen LogP contribution in [-0.2, 0) is 6.42 Å². The first-order valence-electron chi connectivity index (χ1n) is 38.3. The Bertz CT molecular complexity index is 5590. The van der Waals surface area contributed by atoms with Gasteiger partial charge in [0.1, 0.15) is 0 Å². The molecule has 0 saturated carbocycles. The van der Waals surface area contributed by atoms with Crippen LogP contribution in [0.2, 0.25) is 0 Å². The molecule has 0 saturated heterocycles. The Labute approximate surface area is 682 Å². The first-order chi connectivity index (χ1) is 56.4. The van der Waals surface area contributed by atoms with E-state index in [1.54, 1.807) is 0 Å². The Morgan fingerprint density at radius 1 is 0.200 bits per heavy atom. The minimum Gasteiger partial charge on any atom is -0.399 e. The molecule has 0 bridgehead atoms. The number of hydrogen-bond acceptors (Lipinski definition) is 10. The first-order valence-corrected chi connectivity index (χ1v) is 39.1. The number of rotatable bonds is 22. The van der Waals surface area contributed by atoms with Gasteiger partial charge in [0.2, 0.25) is 0 Å². The van der Waals surface area contributed by atoms with Crippen molar-refractivity contribution in [1.82, 2.24) is 0 Å². The highest BCUT2D eigenvalue weighted by molar-refractivity contribution is 9.10. The van der Waals surface area contributed by atoms with E-state index in [2.05, 4.69) is 381 Å². The number of hydrogen-bond donors (Lipinski definition) is 8. The largest absolute Gasteiger partial charge is 0.399 e. The maximum absolute atomic E-state index is 5.79. The molecular weight excluding hydrogens is 1470 g/mol. The summed E-state index contributed by atoms with van der Waals surface area (Å²) in [6.45, 7) is 2.12. The zero-order valence-corrected chi connectivity index (χ0v) is 65.3. The van der Waals surface area contributed by atoms with Crippen LogP contribution in [0.25, 0.3) is 44.5 Å². The number of para-hydroxylation sites is 2. The molecule has 0 atom stereocenters. The Kier molecular flexibility index (Phi) is 24.2. The van der Waals surface area contributed by atoms with E-state index in [0.717, 1.165) is 130 Å². The second-order valence-corrected chi connectivity index (χ2v) is 29.0. The van der Waals surface area contributed by atoms with Gasteiger partial charge in [0.05, 0.1) is 0 Å². The zero-order chi connectivity index (χ0) is 78.5. The fraction of sp³-hybridized carbons (Fsp3) is 0.0192. The SMILES string of the molecule is Brc1ccc(-c2ccc(Cc3ccccc3)cc2)cc1.Cc1ccc(-c2ccc(Nc3ccc(N(c4ccc(Nc5ccc(-c6ccc(Nc7ccccc7)cc6)cc5)cc4)c4ccc(Nc5ccc(-c6ccc(Nc7ccccc7)cc6)cc5)cc4)cc3)cc2)cc1.Nc1ccc(N(c2ccc(N)cc2)c2ccc(N)cc2)cc1. The lowest BCUT2D eigenvalue weighted by atomic mass is 10.0. The molecule has 17 aromatic carbocycles. The van der Waals surface area contributed by atoms with Crippen molar-refractivity contribution in [3.05, 3.63) is 452 Å². The quantitative estimate of drug-likeness (QED) is 0.0309. The summed E-state index contributed by atoms with van der Waals surface area (Å²) in [6, 6.07) is 149. The van der Waals surface area contributed by atoms with Crippen molar-refractivity contribution in [2.45, 2.75) is 13.3 Å². The number of halogens is 1. The van der Waals surface area contributed by atoms with Gasteiger partial charge in [-0.1, -0.05) is 210 Å². The Morgan fingerprint density at radius 2 is 0.383 bits per heavy atom. The standard InChI is InChI=1S/C67H54N6.C19H15Br.C18H18N4/c1-48-12-14-49(15-13-48)50-16-30-59(31-17-50)70-62-36-42-65(43-37-62)73(66-44-38-63(39-45-66)71-60-32-22-53(23-33-60)51-18-26-57(27-19-51)68-55-8-4-2-5-9-55)67-46-40-64(41-47-67)72-61-34-24-54(25-35-61)52-20-28-58(29-21-52)69-56-10-6-3-7-11-56;20-19-12-10-18(11-13-19)17-8-6-16(7-9-17)14-15-4-2-1-3-5-15;19-13-1-7-16(8-2-13)22(17-9-3-14(20)4-10-17)18-11-5-15(21)6-12-18/h2-47,68-72H,1H3;1-13H,14H2;1-12H,19-21H2. The molecule has 0 aliphatic heterocycles. The summed E-state index contributed by atoms with van der Waals surface area (Å²) in [4.78, 5) is 4.41. The van der Waals surface area contributed by atoms with Gasteiger partial charge in [-0.15, -0.1) is 0 Å². The van der Waals surface area contributed by atoms with Crippen LogP contribution in [0.15, 0.2) is 435 Å². The Morgan fingerprint density at radius 3 is 0.635 bits per heavy atom. The summed E-state index contributed by atoms with van der Waals surface area (Å²) in [6.07, 6.45) is 0.988. The van der Waals surface area contributed by atoms with Crippen molar-refractivity contribution in [2.24, 2.45) is 0 Å². The molecule has 0 unspecified atom stereocenters. The third kappa shape index (κ3) is 20.6. The number of aryl methyl sites for hydroxylation is 1. The fourth-order valence-corrected chi connectivity index (χ4v) is 13.8. The van der Waals surface area contributed by atoms with Gasteiger partial charge in [0, 0.05) is 113 Å². The van der Waals surface area contributed by atoms with Crippen LogP contribution >= 0.6 is 15.9 Å². The molecule has 0 aliphatic rings. The molecule has 0 aromatic heterocycles. The van der Waals surface area contributed by atoms with Gasteiger partial charge in [0.25, 0.3) is 0 Å². The highest BCUT2D eigenvalue weighted by atomic mass is 79.9. The second kappa shape index (κ2) is 36.8. The summed E-state index contributed by atoms with van der Waals surface area (Å²) in [5, 5.41) is 17.8. The fourth-order valence-electron chi connectivity index (χ4n) is 13.5. The molecule has 0 aliphatic carbocycles. The van der Waals surface area contributed by atoms with E-state index in [9.17, 15) is 0 Å². The summed E-state index contributed by atoms with van der Waals surface area (Å²) >= 11 is 3.47. The van der Waals surface area contributed by atoms with E-state index in [-0.39, 0.29) is 0 Å². The predicted molar refractivity (Wildman–Crippen MR) is 494 cm³/mol. The molecular formula is C104H87BrN10. The predicted octanol–water partition coefficient (Wildman–Crippen LogP) is 28.8. The summed E-state index contributed by atoms with van der Waals surface area (Å²) in [5.74, 6) is 0. The monoisotopic (exact) mass is 1550 g/mol. The maximum Gasteiger partial charge on any atom is 0.0463 e. The second-order valence-electron chi connectivity index (χ2n) is 28.1. The molecule has 17 aromatic rings. The average molecular weight is 1560 g/mol. The van der Waals surface area contributed by atoms with Gasteiger partial charge in [-0.25, -0.2) is 0 Å². The van der Waals surface area contributed by atoms with Crippen molar-refractivity contribution in [3.8, 4) is 44.5 Å². The summed E-state index contributed by atoms with van der Waals surface area (Å²) in [5.41, 5.74) is 49.6. The van der Waals surface area contributed by atoms with Crippen LogP contribution < -0.4 is 53.6 Å². The van der Waals surface area contributed by atoms with E-state index in [0.29, 0.717) is 0 Å². The summed E-state index contributed by atoms with van der Waals surface area (Å²) < 4.78 is 1.11. The van der Waals surface area contributed by atoms with Crippen molar-refractivity contribution >= 4 is 124 Å². The van der Waals surface area contributed by atoms with E-state index in [4.69, 9.17) is 17.2 Å². The molecule has 0 fully saturated rings. The third-order valence-corrected chi connectivity index (χ3v) is 20.2. The van der Waals surface area contributed by atoms with Crippen LogP contribution in [-0.4, -0.2) is 0 Å². The Balaban J connectivity index is 0.000000199. The molecule has 0 amide bonds. The molecule has 17 rings (SSSR count). The van der Waals surface area contributed by atoms with Gasteiger partial charge in [-0.2, -0.15) is 0 Å². The maximum atomic E-state index is 5.79. The zero-order valence-electron chi connectivity index (χ0n) is 63.7. The highest BCUT2D eigenvalue weighted by Crippen LogP contribution is 2.40. The highest BCUT2D eigenvalue weighted by Gasteiger charge is 2.16. The summed E-state index contributed by atoms with van der Waals surface area (Å²) in [7, 11) is 0. The molecule has 11 N–H and O–H groups in total. The van der Waals surface area contributed by atoms with E-state index >= 15 is 0 Å². The number of nitrogen functional groups attached to an aromatic ring is 3. The topological polar surface area (TPSA) is 145 Å². The normalized spacial score (nSPS) is 10.7. The van der Waals surface area contributed by atoms with Crippen molar-refractivity contribution < 1.29 is 0 Å². The first kappa shape index (κ1) is 75.6. The van der Waals surface area contributed by atoms with Gasteiger partial charge in [-0.3, -0.25) is 0 Å². The molecule has 0 heterocycles. The average Bonchev–Trinajstić information content (AvgIpc) is 0.806. The van der Waals surface area contributed by atoms with Crippen molar-refractivity contribution in [2.75, 3.05) is 53.6 Å². The smallest absolute Gasteiger partial charge is 0.0463 e. The lowest BCUT2D eigenvalue weighted by molar-refractivity contribution is 1.19. The molecule has 10 nitrogen and oxygen atoms in total.